The highest BCUT2D eigenvalue weighted by molar-refractivity contribution is 5.68. The van der Waals surface area contributed by atoms with Crippen LogP contribution in [-0.4, -0.2) is 23.8 Å². The van der Waals surface area contributed by atoms with E-state index in [1.165, 1.54) is 0 Å². The van der Waals surface area contributed by atoms with E-state index >= 15 is 0 Å². The Bertz CT molecular complexity index is 391. The van der Waals surface area contributed by atoms with Gasteiger partial charge in [-0.05, 0) is 46.8 Å². The molecule has 0 fully saturated rings. The molecule has 0 aliphatic rings. The summed E-state index contributed by atoms with van der Waals surface area (Å²) in [5.74, 6) is 0.869. The number of alkyl carbamates (subject to hydrolysis) is 1. The van der Waals surface area contributed by atoms with Gasteiger partial charge in [-0.25, -0.2) is 4.79 Å². The number of amides is 1. The van der Waals surface area contributed by atoms with E-state index in [1.807, 2.05) is 46.8 Å². The van der Waals surface area contributed by atoms with E-state index in [0.29, 0.717) is 13.1 Å². The molecule has 0 spiro atoms. The van der Waals surface area contributed by atoms with E-state index in [4.69, 9.17) is 9.15 Å². The second-order valence-electron chi connectivity index (χ2n) is 6.19. The Morgan fingerprint density at radius 1 is 1.32 bits per heavy atom. The first kappa shape index (κ1) is 15.6. The van der Waals surface area contributed by atoms with Gasteiger partial charge in [-0.1, -0.05) is 0 Å². The van der Waals surface area contributed by atoms with Crippen LogP contribution in [-0.2, 0) is 11.3 Å². The molecule has 1 rings (SSSR count). The van der Waals surface area contributed by atoms with Gasteiger partial charge in [-0.2, -0.15) is 0 Å². The molecule has 1 aromatic rings. The van der Waals surface area contributed by atoms with Gasteiger partial charge < -0.3 is 19.8 Å². The Hall–Kier alpha value is -1.49. The summed E-state index contributed by atoms with van der Waals surface area (Å²) in [7, 11) is 0. The van der Waals surface area contributed by atoms with Crippen LogP contribution in [0.25, 0.3) is 0 Å². The number of carbonyl (C=O) groups excluding carboxylic acids is 1. The normalized spacial score (nSPS) is 12.3. The van der Waals surface area contributed by atoms with Crippen molar-refractivity contribution in [1.82, 2.24) is 10.6 Å². The van der Waals surface area contributed by atoms with Crippen LogP contribution in [0.15, 0.2) is 22.8 Å². The molecule has 0 saturated carbocycles. The van der Waals surface area contributed by atoms with Crippen molar-refractivity contribution >= 4 is 6.09 Å². The lowest BCUT2D eigenvalue weighted by molar-refractivity contribution is 0.0472. The van der Waals surface area contributed by atoms with Gasteiger partial charge in [0.1, 0.15) is 11.4 Å². The largest absolute Gasteiger partial charge is 0.468 e. The molecule has 0 aromatic carbocycles. The second kappa shape index (κ2) is 6.10. The van der Waals surface area contributed by atoms with Gasteiger partial charge in [-0.15, -0.1) is 0 Å². The van der Waals surface area contributed by atoms with E-state index in [2.05, 4.69) is 10.6 Å². The minimum atomic E-state index is -0.484. The average molecular weight is 268 g/mol. The lowest BCUT2D eigenvalue weighted by atomic mass is 10.1. The van der Waals surface area contributed by atoms with E-state index in [1.54, 1.807) is 6.26 Å². The van der Waals surface area contributed by atoms with Crippen molar-refractivity contribution in [2.45, 2.75) is 52.3 Å². The third-order valence-electron chi connectivity index (χ3n) is 2.29. The molecule has 0 aliphatic carbocycles. The summed E-state index contributed by atoms with van der Waals surface area (Å²) in [6, 6.07) is 3.75. The van der Waals surface area contributed by atoms with E-state index in [-0.39, 0.29) is 0 Å². The van der Waals surface area contributed by atoms with Crippen molar-refractivity contribution in [3.63, 3.8) is 0 Å². The molecule has 5 nitrogen and oxygen atoms in total. The number of nitrogens with one attached hydrogen (secondary N) is 2. The number of rotatable bonds is 5. The summed E-state index contributed by atoms with van der Waals surface area (Å²) in [5, 5.41) is 6.07. The lowest BCUT2D eigenvalue weighted by Gasteiger charge is -2.28. The summed E-state index contributed by atoms with van der Waals surface area (Å²) in [6.45, 7) is 10.6. The Balaban J connectivity index is 2.32. The first-order valence-electron chi connectivity index (χ1n) is 6.42. The molecule has 1 amide bonds. The molecule has 1 aromatic heterocycles. The zero-order valence-electron chi connectivity index (χ0n) is 12.4. The molecule has 2 N–H and O–H groups in total. The Morgan fingerprint density at radius 2 is 2.00 bits per heavy atom. The Kier molecular flexibility index (Phi) is 5.00. The molecule has 0 aliphatic heterocycles. The van der Waals surface area contributed by atoms with Gasteiger partial charge in [-0.3, -0.25) is 0 Å². The van der Waals surface area contributed by atoms with Crippen molar-refractivity contribution in [1.29, 1.82) is 0 Å². The van der Waals surface area contributed by atoms with Crippen molar-refractivity contribution in [3.8, 4) is 0 Å². The lowest BCUT2D eigenvalue weighted by Crippen LogP contribution is -2.51. The SMILES string of the molecule is CC(C)(CNCc1ccco1)NC(=O)OC(C)(C)C. The van der Waals surface area contributed by atoms with Crippen molar-refractivity contribution in [2.75, 3.05) is 6.54 Å². The molecule has 5 heteroatoms. The third kappa shape index (κ3) is 6.86. The molecule has 0 atom stereocenters. The summed E-state index contributed by atoms with van der Waals surface area (Å²) in [6.07, 6.45) is 1.23. The van der Waals surface area contributed by atoms with Gasteiger partial charge in [0.05, 0.1) is 18.3 Å². The van der Waals surface area contributed by atoms with Crippen LogP contribution in [0.4, 0.5) is 4.79 Å². The second-order valence-corrected chi connectivity index (χ2v) is 6.19. The molecule has 0 bridgehead atoms. The van der Waals surface area contributed by atoms with Crippen molar-refractivity contribution in [2.24, 2.45) is 0 Å². The zero-order valence-corrected chi connectivity index (χ0v) is 12.4. The minimum Gasteiger partial charge on any atom is -0.468 e. The van der Waals surface area contributed by atoms with Crippen LogP contribution in [0.3, 0.4) is 0 Å². The quantitative estimate of drug-likeness (QED) is 0.861. The van der Waals surface area contributed by atoms with Crippen LogP contribution in [0.1, 0.15) is 40.4 Å². The van der Waals surface area contributed by atoms with Gasteiger partial charge >= 0.3 is 6.09 Å². The summed E-state index contributed by atoms with van der Waals surface area (Å²) in [4.78, 5) is 11.7. The summed E-state index contributed by atoms with van der Waals surface area (Å²) < 4.78 is 10.5. The molecular formula is C14H24N2O3. The first-order valence-corrected chi connectivity index (χ1v) is 6.42. The molecule has 1 heterocycles. The fourth-order valence-corrected chi connectivity index (χ4v) is 1.54. The maximum absolute atomic E-state index is 11.7. The number of carbonyl (C=O) groups is 1. The van der Waals surface area contributed by atoms with Gasteiger partial charge in [0, 0.05) is 6.54 Å². The topological polar surface area (TPSA) is 63.5 Å². The van der Waals surface area contributed by atoms with Gasteiger partial charge in [0.15, 0.2) is 0 Å². The Labute approximate surface area is 114 Å². The monoisotopic (exact) mass is 268 g/mol. The summed E-state index contributed by atoms with van der Waals surface area (Å²) >= 11 is 0. The fourth-order valence-electron chi connectivity index (χ4n) is 1.54. The van der Waals surface area contributed by atoms with Crippen molar-refractivity contribution < 1.29 is 13.9 Å². The fraction of sp³-hybridized carbons (Fsp3) is 0.643. The van der Waals surface area contributed by atoms with E-state index in [0.717, 1.165) is 5.76 Å². The maximum Gasteiger partial charge on any atom is 0.408 e. The van der Waals surface area contributed by atoms with Gasteiger partial charge in [0.2, 0.25) is 0 Å². The van der Waals surface area contributed by atoms with Crippen molar-refractivity contribution in [3.05, 3.63) is 24.2 Å². The molecule has 19 heavy (non-hydrogen) atoms. The number of ether oxygens (including phenoxy) is 1. The van der Waals surface area contributed by atoms with Crippen LogP contribution < -0.4 is 10.6 Å². The van der Waals surface area contributed by atoms with Crippen LogP contribution in [0.5, 0.6) is 0 Å². The highest BCUT2D eigenvalue weighted by Gasteiger charge is 2.24. The third-order valence-corrected chi connectivity index (χ3v) is 2.29. The predicted octanol–water partition coefficient (Wildman–Crippen LogP) is 2.67. The van der Waals surface area contributed by atoms with E-state index in [9.17, 15) is 4.79 Å². The molecular weight excluding hydrogens is 244 g/mol. The summed E-state index contributed by atoms with van der Waals surface area (Å²) in [5.41, 5.74) is -0.878. The molecule has 0 unspecified atom stereocenters. The van der Waals surface area contributed by atoms with Crippen LogP contribution in [0, 0.1) is 0 Å². The molecule has 108 valence electrons. The van der Waals surface area contributed by atoms with E-state index < -0.39 is 17.2 Å². The number of hydrogen-bond donors (Lipinski definition) is 2. The predicted molar refractivity (Wildman–Crippen MR) is 73.9 cm³/mol. The highest BCUT2D eigenvalue weighted by atomic mass is 16.6. The molecule has 0 saturated heterocycles. The zero-order chi connectivity index (χ0) is 14.5. The number of hydrogen-bond acceptors (Lipinski definition) is 4. The minimum absolute atomic E-state index is 0.394. The highest BCUT2D eigenvalue weighted by Crippen LogP contribution is 2.09. The maximum atomic E-state index is 11.7. The van der Waals surface area contributed by atoms with Gasteiger partial charge in [0.25, 0.3) is 0 Å². The smallest absolute Gasteiger partial charge is 0.408 e. The molecule has 0 radical (unpaired) electrons. The Morgan fingerprint density at radius 3 is 2.53 bits per heavy atom. The average Bonchev–Trinajstić information content (AvgIpc) is 2.65. The number of furan rings is 1. The van der Waals surface area contributed by atoms with Crippen LogP contribution in [0.2, 0.25) is 0 Å². The first-order chi connectivity index (χ1) is 8.68. The van der Waals surface area contributed by atoms with Crippen LogP contribution >= 0.6 is 0 Å². The standard InChI is InChI=1S/C14H24N2O3/c1-13(2,3)19-12(17)16-14(4,5)10-15-9-11-7-6-8-18-11/h6-8,15H,9-10H2,1-5H3,(H,16,17).